The fraction of sp³-hybridized carbons (Fsp3) is 0.846. The third-order valence-electron chi connectivity index (χ3n) is 3.86. The lowest BCUT2D eigenvalue weighted by atomic mass is 9.84. The summed E-state index contributed by atoms with van der Waals surface area (Å²) in [4.78, 5) is 17.9. The number of carbonyl (C=O) groups is 1. The molecule has 1 amide bonds. The van der Waals surface area contributed by atoms with E-state index in [0.29, 0.717) is 12.0 Å². The van der Waals surface area contributed by atoms with Crippen LogP contribution in [0.5, 0.6) is 0 Å². The fourth-order valence-corrected chi connectivity index (χ4v) is 3.07. The molecular formula is C13H25N3OS. The standard InChI is InChI=1S/C13H25N3OS/c1-5-13(6-2)9-15-12(18-10-13)14-8-11(17)16(4)7-3/h5-10H2,1-4H3,(H,14,15). The highest BCUT2D eigenvalue weighted by Gasteiger charge is 2.30. The van der Waals surface area contributed by atoms with Gasteiger partial charge in [0.1, 0.15) is 0 Å². The number of amidine groups is 1. The molecule has 1 aliphatic heterocycles. The largest absolute Gasteiger partial charge is 0.356 e. The van der Waals surface area contributed by atoms with E-state index in [0.717, 1.165) is 24.0 Å². The average molecular weight is 271 g/mol. The van der Waals surface area contributed by atoms with Crippen LogP contribution in [0.3, 0.4) is 0 Å². The lowest BCUT2D eigenvalue weighted by molar-refractivity contribution is -0.128. The summed E-state index contributed by atoms with van der Waals surface area (Å²) < 4.78 is 0. The lowest BCUT2D eigenvalue weighted by Crippen LogP contribution is -2.40. The molecule has 1 N–H and O–H groups in total. The van der Waals surface area contributed by atoms with E-state index in [1.54, 1.807) is 16.7 Å². The number of likely N-dealkylation sites (N-methyl/N-ethyl adjacent to an activating group) is 1. The normalized spacial score (nSPS) is 18.1. The van der Waals surface area contributed by atoms with Gasteiger partial charge in [0.2, 0.25) is 5.91 Å². The summed E-state index contributed by atoms with van der Waals surface area (Å²) >= 11 is 1.75. The molecule has 104 valence electrons. The molecule has 18 heavy (non-hydrogen) atoms. The molecule has 0 saturated carbocycles. The number of thioether (sulfide) groups is 1. The van der Waals surface area contributed by atoms with Gasteiger partial charge in [0, 0.05) is 25.9 Å². The van der Waals surface area contributed by atoms with Crippen molar-refractivity contribution in [2.75, 3.05) is 32.4 Å². The van der Waals surface area contributed by atoms with Gasteiger partial charge in [-0.05, 0) is 25.2 Å². The first-order valence-electron chi connectivity index (χ1n) is 6.72. The summed E-state index contributed by atoms with van der Waals surface area (Å²) in [5.41, 5.74) is 0.361. The summed E-state index contributed by atoms with van der Waals surface area (Å²) in [5.74, 6) is 1.22. The minimum Gasteiger partial charge on any atom is -0.356 e. The van der Waals surface area contributed by atoms with Crippen LogP contribution in [0.15, 0.2) is 4.99 Å². The summed E-state index contributed by atoms with van der Waals surface area (Å²) in [6, 6.07) is 0. The highest BCUT2D eigenvalue weighted by Crippen LogP contribution is 2.34. The first kappa shape index (κ1) is 15.3. The van der Waals surface area contributed by atoms with Crippen molar-refractivity contribution in [3.8, 4) is 0 Å². The Kier molecular flexibility index (Phi) is 5.99. The van der Waals surface area contributed by atoms with Gasteiger partial charge in [0.15, 0.2) is 5.17 Å². The van der Waals surface area contributed by atoms with Crippen LogP contribution in [0.4, 0.5) is 0 Å². The molecule has 1 rings (SSSR count). The minimum absolute atomic E-state index is 0.114. The Balaban J connectivity index is 2.42. The van der Waals surface area contributed by atoms with Gasteiger partial charge < -0.3 is 10.2 Å². The van der Waals surface area contributed by atoms with Crippen molar-refractivity contribution in [2.45, 2.75) is 33.6 Å². The van der Waals surface area contributed by atoms with Gasteiger partial charge in [0.25, 0.3) is 0 Å². The van der Waals surface area contributed by atoms with Crippen LogP contribution in [-0.4, -0.2) is 48.4 Å². The predicted octanol–water partition coefficient (Wildman–Crippen LogP) is 1.96. The van der Waals surface area contributed by atoms with Gasteiger partial charge in [-0.25, -0.2) is 0 Å². The summed E-state index contributed by atoms with van der Waals surface area (Å²) in [6.45, 7) is 8.42. The van der Waals surface area contributed by atoms with Gasteiger partial charge in [0.05, 0.1) is 6.54 Å². The molecule has 0 radical (unpaired) electrons. The highest BCUT2D eigenvalue weighted by molar-refractivity contribution is 8.13. The van der Waals surface area contributed by atoms with Gasteiger partial charge in [-0.3, -0.25) is 9.79 Å². The maximum absolute atomic E-state index is 11.7. The Morgan fingerprint density at radius 2 is 2.11 bits per heavy atom. The van der Waals surface area contributed by atoms with Crippen molar-refractivity contribution in [1.82, 2.24) is 10.2 Å². The Hall–Kier alpha value is -0.710. The number of carbonyl (C=O) groups excluding carboxylic acids is 1. The summed E-state index contributed by atoms with van der Waals surface area (Å²) in [5, 5.41) is 4.07. The third-order valence-corrected chi connectivity index (χ3v) is 5.17. The SMILES string of the molecule is CCN(C)C(=O)CNC1=NCC(CC)(CC)CS1. The number of rotatable bonds is 5. The molecule has 5 heteroatoms. The van der Waals surface area contributed by atoms with Gasteiger partial charge in [-0.1, -0.05) is 25.6 Å². The van der Waals surface area contributed by atoms with Crippen LogP contribution in [0.25, 0.3) is 0 Å². The van der Waals surface area contributed by atoms with E-state index < -0.39 is 0 Å². The van der Waals surface area contributed by atoms with Gasteiger partial charge in [-0.15, -0.1) is 0 Å². The van der Waals surface area contributed by atoms with Crippen LogP contribution in [0.2, 0.25) is 0 Å². The lowest BCUT2D eigenvalue weighted by Gasteiger charge is -2.33. The van der Waals surface area contributed by atoms with Crippen LogP contribution in [-0.2, 0) is 4.79 Å². The van der Waals surface area contributed by atoms with Crippen LogP contribution in [0.1, 0.15) is 33.6 Å². The van der Waals surface area contributed by atoms with Crippen molar-refractivity contribution in [1.29, 1.82) is 0 Å². The summed E-state index contributed by atoms with van der Waals surface area (Å²) in [6.07, 6.45) is 2.34. The molecule has 0 saturated heterocycles. The second-order valence-electron chi connectivity index (χ2n) is 4.88. The predicted molar refractivity (Wildman–Crippen MR) is 79.1 cm³/mol. The molecule has 0 aromatic carbocycles. The van der Waals surface area contributed by atoms with E-state index in [-0.39, 0.29) is 5.91 Å². The molecule has 1 aliphatic rings. The topological polar surface area (TPSA) is 44.7 Å². The van der Waals surface area contributed by atoms with Crippen LogP contribution in [0, 0.1) is 5.41 Å². The molecule has 0 aliphatic carbocycles. The smallest absolute Gasteiger partial charge is 0.241 e. The molecule has 0 spiro atoms. The van der Waals surface area contributed by atoms with E-state index in [2.05, 4.69) is 24.2 Å². The number of nitrogens with zero attached hydrogens (tertiary/aromatic N) is 2. The average Bonchev–Trinajstić information content (AvgIpc) is 2.44. The highest BCUT2D eigenvalue weighted by atomic mass is 32.2. The Bertz CT molecular complexity index is 313. The second-order valence-corrected chi connectivity index (χ2v) is 5.84. The van der Waals surface area contributed by atoms with Crippen molar-refractivity contribution >= 4 is 22.8 Å². The molecule has 4 nitrogen and oxygen atoms in total. The Morgan fingerprint density at radius 3 is 2.56 bits per heavy atom. The van der Waals surface area contributed by atoms with E-state index in [4.69, 9.17) is 0 Å². The van der Waals surface area contributed by atoms with Gasteiger partial charge in [-0.2, -0.15) is 0 Å². The molecule has 0 aromatic heterocycles. The van der Waals surface area contributed by atoms with Gasteiger partial charge >= 0.3 is 0 Å². The molecule has 0 unspecified atom stereocenters. The van der Waals surface area contributed by atoms with Crippen molar-refractivity contribution in [3.05, 3.63) is 0 Å². The maximum atomic E-state index is 11.7. The molecule has 0 atom stereocenters. The zero-order valence-corrected chi connectivity index (χ0v) is 12.8. The van der Waals surface area contributed by atoms with E-state index in [9.17, 15) is 4.79 Å². The minimum atomic E-state index is 0.114. The number of aliphatic imine (C=N–C) groups is 1. The zero-order chi connectivity index (χ0) is 13.6. The molecular weight excluding hydrogens is 246 g/mol. The Morgan fingerprint density at radius 1 is 1.44 bits per heavy atom. The fourth-order valence-electron chi connectivity index (χ4n) is 1.80. The molecule has 0 bridgehead atoms. The number of amides is 1. The maximum Gasteiger partial charge on any atom is 0.241 e. The zero-order valence-electron chi connectivity index (χ0n) is 12.0. The van der Waals surface area contributed by atoms with Crippen molar-refractivity contribution in [3.63, 3.8) is 0 Å². The van der Waals surface area contributed by atoms with Crippen molar-refractivity contribution < 1.29 is 4.79 Å². The first-order valence-corrected chi connectivity index (χ1v) is 7.70. The van der Waals surface area contributed by atoms with E-state index in [1.165, 1.54) is 12.8 Å². The quantitative estimate of drug-likeness (QED) is 0.831. The Labute approximate surface area is 115 Å². The second kappa shape index (κ2) is 7.02. The van der Waals surface area contributed by atoms with E-state index >= 15 is 0 Å². The summed E-state index contributed by atoms with van der Waals surface area (Å²) in [7, 11) is 1.82. The number of hydrogen-bond acceptors (Lipinski definition) is 4. The van der Waals surface area contributed by atoms with Crippen molar-refractivity contribution in [2.24, 2.45) is 10.4 Å². The molecule has 0 aromatic rings. The number of nitrogens with one attached hydrogen (secondary N) is 1. The van der Waals surface area contributed by atoms with E-state index in [1.807, 2.05) is 14.0 Å². The number of hydrogen-bond donors (Lipinski definition) is 1. The van der Waals surface area contributed by atoms with Crippen LogP contribution >= 0.6 is 11.8 Å². The molecule has 1 heterocycles. The molecule has 0 fully saturated rings. The van der Waals surface area contributed by atoms with Crippen LogP contribution < -0.4 is 5.32 Å². The first-order chi connectivity index (χ1) is 8.56. The monoisotopic (exact) mass is 271 g/mol. The third kappa shape index (κ3) is 3.90.